The van der Waals surface area contributed by atoms with Crippen LogP contribution in [-0.2, 0) is 9.53 Å². The van der Waals surface area contributed by atoms with E-state index >= 15 is 0 Å². The summed E-state index contributed by atoms with van der Waals surface area (Å²) in [6.45, 7) is 4.37. The normalized spacial score (nSPS) is 14.8. The molecule has 1 heterocycles. The van der Waals surface area contributed by atoms with Crippen LogP contribution in [0.25, 0.3) is 6.08 Å². The highest BCUT2D eigenvalue weighted by Gasteiger charge is 2.14. The molecule has 136 valence electrons. The average molecular weight is 392 g/mol. The van der Waals surface area contributed by atoms with E-state index in [-0.39, 0.29) is 11.7 Å². The largest absolute Gasteiger partial charge is 0.378 e. The van der Waals surface area contributed by atoms with Gasteiger partial charge in [-0.05, 0) is 60.5 Å². The Morgan fingerprint density at radius 3 is 2.62 bits per heavy atom. The summed E-state index contributed by atoms with van der Waals surface area (Å²) in [7, 11) is 0. The van der Waals surface area contributed by atoms with Crippen LogP contribution in [0.2, 0.25) is 5.02 Å². The molecule has 0 spiro atoms. The number of carbonyl (C=O) groups excluding carboxylic acids is 1. The highest BCUT2D eigenvalue weighted by molar-refractivity contribution is 7.99. The molecule has 1 fully saturated rings. The summed E-state index contributed by atoms with van der Waals surface area (Å²) < 4.78 is 18.3. The molecule has 2 aromatic carbocycles. The molecule has 1 amide bonds. The highest BCUT2D eigenvalue weighted by Crippen LogP contribution is 2.34. The van der Waals surface area contributed by atoms with Crippen molar-refractivity contribution in [3.05, 3.63) is 64.4 Å². The monoisotopic (exact) mass is 391 g/mol. The van der Waals surface area contributed by atoms with Crippen molar-refractivity contribution in [1.82, 2.24) is 4.90 Å². The zero-order chi connectivity index (χ0) is 18.5. The summed E-state index contributed by atoms with van der Waals surface area (Å²) in [5.74, 6) is -0.290. The van der Waals surface area contributed by atoms with Crippen LogP contribution in [0.15, 0.2) is 52.3 Å². The predicted molar refractivity (Wildman–Crippen MR) is 103 cm³/mol. The molecule has 0 unspecified atom stereocenters. The molecule has 1 aliphatic rings. The first kappa shape index (κ1) is 19.0. The van der Waals surface area contributed by atoms with E-state index in [0.717, 1.165) is 20.9 Å². The lowest BCUT2D eigenvalue weighted by Gasteiger charge is -2.25. The number of rotatable bonds is 4. The SMILES string of the molecule is Cc1cc(/C=C/C(=O)N2CCOCC2)c(Cl)cc1Sc1ccc(F)cc1. The van der Waals surface area contributed by atoms with Gasteiger partial charge in [-0.2, -0.15) is 0 Å². The van der Waals surface area contributed by atoms with Gasteiger partial charge in [0.25, 0.3) is 0 Å². The summed E-state index contributed by atoms with van der Waals surface area (Å²) in [5.41, 5.74) is 1.84. The maximum atomic E-state index is 13.0. The molecule has 0 bridgehead atoms. The summed E-state index contributed by atoms with van der Waals surface area (Å²) >= 11 is 7.92. The van der Waals surface area contributed by atoms with E-state index in [0.29, 0.717) is 31.3 Å². The summed E-state index contributed by atoms with van der Waals surface area (Å²) in [6, 6.07) is 10.2. The van der Waals surface area contributed by atoms with Crippen LogP contribution < -0.4 is 0 Å². The second-order valence-electron chi connectivity index (χ2n) is 5.97. The molecule has 0 aromatic heterocycles. The summed E-state index contributed by atoms with van der Waals surface area (Å²) in [5, 5.41) is 0.575. The Morgan fingerprint density at radius 1 is 1.23 bits per heavy atom. The molecule has 6 heteroatoms. The van der Waals surface area contributed by atoms with E-state index in [1.807, 2.05) is 19.1 Å². The lowest BCUT2D eigenvalue weighted by atomic mass is 10.1. The fraction of sp³-hybridized carbons (Fsp3) is 0.250. The van der Waals surface area contributed by atoms with Crippen LogP contribution in [0.5, 0.6) is 0 Å². The number of aryl methyl sites for hydroxylation is 1. The molecule has 2 aromatic rings. The van der Waals surface area contributed by atoms with Crippen molar-refractivity contribution >= 4 is 35.3 Å². The summed E-state index contributed by atoms with van der Waals surface area (Å²) in [4.78, 5) is 15.9. The van der Waals surface area contributed by atoms with E-state index in [1.54, 1.807) is 29.2 Å². The van der Waals surface area contributed by atoms with Gasteiger partial charge in [0.15, 0.2) is 0 Å². The number of halogens is 2. The molecule has 26 heavy (non-hydrogen) atoms. The Balaban J connectivity index is 1.73. The summed E-state index contributed by atoms with van der Waals surface area (Å²) in [6.07, 6.45) is 3.30. The Morgan fingerprint density at radius 2 is 1.92 bits per heavy atom. The second kappa shape index (κ2) is 8.71. The van der Waals surface area contributed by atoms with Gasteiger partial charge in [-0.1, -0.05) is 23.4 Å². The molecule has 0 N–H and O–H groups in total. The van der Waals surface area contributed by atoms with Crippen molar-refractivity contribution in [3.8, 4) is 0 Å². The van der Waals surface area contributed by atoms with Crippen molar-refractivity contribution in [3.63, 3.8) is 0 Å². The third-order valence-corrected chi connectivity index (χ3v) is 5.56. The second-order valence-corrected chi connectivity index (χ2v) is 7.49. The van der Waals surface area contributed by atoms with Crippen LogP contribution in [0, 0.1) is 12.7 Å². The number of amides is 1. The third-order valence-electron chi connectivity index (χ3n) is 4.06. The minimum atomic E-state index is -0.255. The first-order chi connectivity index (χ1) is 12.5. The number of ether oxygens (including phenoxy) is 1. The molecule has 0 aliphatic carbocycles. The van der Waals surface area contributed by atoms with Crippen LogP contribution in [0.3, 0.4) is 0 Å². The molecule has 3 rings (SSSR count). The molecular formula is C20H19ClFNO2S. The van der Waals surface area contributed by atoms with Gasteiger partial charge in [0.05, 0.1) is 13.2 Å². The van der Waals surface area contributed by atoms with Crippen molar-refractivity contribution < 1.29 is 13.9 Å². The maximum absolute atomic E-state index is 13.0. The van der Waals surface area contributed by atoms with Gasteiger partial charge >= 0.3 is 0 Å². The highest BCUT2D eigenvalue weighted by atomic mass is 35.5. The number of hydrogen-bond acceptors (Lipinski definition) is 3. The zero-order valence-electron chi connectivity index (χ0n) is 14.4. The fourth-order valence-corrected chi connectivity index (χ4v) is 3.82. The predicted octanol–water partition coefficient (Wildman–Crippen LogP) is 4.81. The van der Waals surface area contributed by atoms with Crippen molar-refractivity contribution in [2.24, 2.45) is 0 Å². The van der Waals surface area contributed by atoms with Gasteiger partial charge < -0.3 is 9.64 Å². The van der Waals surface area contributed by atoms with Crippen LogP contribution in [-0.4, -0.2) is 37.1 Å². The smallest absolute Gasteiger partial charge is 0.246 e. The Hall–Kier alpha value is -1.82. The zero-order valence-corrected chi connectivity index (χ0v) is 15.9. The molecule has 1 saturated heterocycles. The maximum Gasteiger partial charge on any atom is 0.246 e. The first-order valence-corrected chi connectivity index (χ1v) is 9.50. The van der Waals surface area contributed by atoms with E-state index in [9.17, 15) is 9.18 Å². The van der Waals surface area contributed by atoms with Gasteiger partial charge in [-0.3, -0.25) is 4.79 Å². The Labute approximate surface area is 161 Å². The number of morpholine rings is 1. The minimum absolute atomic E-state index is 0.0354. The topological polar surface area (TPSA) is 29.5 Å². The molecule has 3 nitrogen and oxygen atoms in total. The quantitative estimate of drug-likeness (QED) is 0.700. The van der Waals surface area contributed by atoms with Gasteiger partial charge in [-0.15, -0.1) is 0 Å². The number of benzene rings is 2. The minimum Gasteiger partial charge on any atom is -0.378 e. The van der Waals surface area contributed by atoms with Gasteiger partial charge in [-0.25, -0.2) is 4.39 Å². The van der Waals surface area contributed by atoms with E-state index in [1.165, 1.54) is 23.9 Å². The van der Waals surface area contributed by atoms with E-state index in [4.69, 9.17) is 16.3 Å². The lowest BCUT2D eigenvalue weighted by molar-refractivity contribution is -0.129. The van der Waals surface area contributed by atoms with Crippen molar-refractivity contribution in [1.29, 1.82) is 0 Å². The van der Waals surface area contributed by atoms with Crippen molar-refractivity contribution in [2.75, 3.05) is 26.3 Å². The molecule has 0 saturated carbocycles. The lowest BCUT2D eigenvalue weighted by Crippen LogP contribution is -2.39. The average Bonchev–Trinajstić information content (AvgIpc) is 2.65. The Kier molecular flexibility index (Phi) is 6.35. The van der Waals surface area contributed by atoms with Crippen LogP contribution in [0.4, 0.5) is 4.39 Å². The molecular weight excluding hydrogens is 373 g/mol. The van der Waals surface area contributed by atoms with E-state index < -0.39 is 0 Å². The molecule has 0 atom stereocenters. The van der Waals surface area contributed by atoms with Gasteiger partial charge in [0.1, 0.15) is 5.82 Å². The van der Waals surface area contributed by atoms with Gasteiger partial charge in [0.2, 0.25) is 5.91 Å². The molecule has 1 aliphatic heterocycles. The van der Waals surface area contributed by atoms with Crippen molar-refractivity contribution in [2.45, 2.75) is 16.7 Å². The number of hydrogen-bond donors (Lipinski definition) is 0. The number of nitrogens with zero attached hydrogens (tertiary/aromatic N) is 1. The molecule has 0 radical (unpaired) electrons. The van der Waals surface area contributed by atoms with Crippen LogP contribution >= 0.6 is 23.4 Å². The third kappa shape index (κ3) is 4.87. The number of carbonyl (C=O) groups is 1. The van der Waals surface area contributed by atoms with Crippen LogP contribution in [0.1, 0.15) is 11.1 Å². The van der Waals surface area contributed by atoms with E-state index in [2.05, 4.69) is 0 Å². The standard InChI is InChI=1S/C20H19ClFNO2S/c1-14-12-15(2-7-20(24)23-8-10-25-11-9-23)18(21)13-19(14)26-17-5-3-16(22)4-6-17/h2-7,12-13H,8-11H2,1H3/b7-2+. The fourth-order valence-electron chi connectivity index (χ4n) is 2.60. The Bertz CT molecular complexity index is 817. The first-order valence-electron chi connectivity index (χ1n) is 8.31. The van der Waals surface area contributed by atoms with Gasteiger partial charge in [0, 0.05) is 34.0 Å².